The number of carboxylic acid groups (broad SMARTS) is 1. The number of hydrogen-bond acceptors (Lipinski definition) is 4. The lowest BCUT2D eigenvalue weighted by Gasteiger charge is -2.12. The molecule has 0 saturated heterocycles. The van der Waals surface area contributed by atoms with E-state index in [4.69, 9.17) is 9.84 Å². The second-order valence-corrected chi connectivity index (χ2v) is 6.69. The fourth-order valence-electron chi connectivity index (χ4n) is 3.22. The average molecular weight is 370 g/mol. The van der Waals surface area contributed by atoms with Crippen molar-refractivity contribution < 1.29 is 19.4 Å². The molecule has 0 spiro atoms. The van der Waals surface area contributed by atoms with E-state index < -0.39 is 18.5 Å². The zero-order valence-corrected chi connectivity index (χ0v) is 15.1. The number of H-pyrrole nitrogens is 1. The molecule has 1 amide bonds. The molecule has 1 aromatic carbocycles. The number of fused-ring (bicyclic) bond motifs is 1. The van der Waals surface area contributed by atoms with E-state index in [9.17, 15) is 14.4 Å². The van der Waals surface area contributed by atoms with E-state index in [0.29, 0.717) is 17.0 Å². The summed E-state index contributed by atoms with van der Waals surface area (Å²) in [6.45, 7) is 1.33. The molecule has 1 aromatic heterocycles. The molecular formula is C20H22N2O5. The van der Waals surface area contributed by atoms with Crippen LogP contribution < -0.4 is 15.6 Å². The Morgan fingerprint density at radius 1 is 1.19 bits per heavy atom. The summed E-state index contributed by atoms with van der Waals surface area (Å²) < 4.78 is 5.12. The highest BCUT2D eigenvalue weighted by atomic mass is 16.5. The van der Waals surface area contributed by atoms with Gasteiger partial charge in [-0.2, -0.15) is 0 Å². The molecule has 0 saturated carbocycles. The molecule has 27 heavy (non-hydrogen) atoms. The molecule has 0 radical (unpaired) electrons. The zero-order valence-electron chi connectivity index (χ0n) is 15.1. The third-order valence-corrected chi connectivity index (χ3v) is 4.64. The summed E-state index contributed by atoms with van der Waals surface area (Å²) in [4.78, 5) is 38.4. The standard InChI is InChI=1S/C20H22N2O5/c1-12-9-14(27-11-18(23)24)7-8-16(12)21-19(25)15-10-13-5-3-2-4-6-17(13)22-20(15)26/h7-10H,2-6,11H2,1H3,(H,21,25)(H,22,26)(H,23,24). The van der Waals surface area contributed by atoms with Crippen molar-refractivity contribution in [3.05, 3.63) is 57.0 Å². The summed E-state index contributed by atoms with van der Waals surface area (Å²) in [6.07, 6.45) is 4.92. The van der Waals surface area contributed by atoms with Gasteiger partial charge >= 0.3 is 5.97 Å². The van der Waals surface area contributed by atoms with Gasteiger partial charge in [0.15, 0.2) is 6.61 Å². The van der Waals surface area contributed by atoms with Crippen LogP contribution in [0.2, 0.25) is 0 Å². The van der Waals surface area contributed by atoms with Crippen LogP contribution in [0, 0.1) is 6.92 Å². The summed E-state index contributed by atoms with van der Waals surface area (Å²) in [7, 11) is 0. The van der Waals surface area contributed by atoms with Crippen LogP contribution in [0.15, 0.2) is 29.1 Å². The van der Waals surface area contributed by atoms with Crippen LogP contribution in [0.25, 0.3) is 0 Å². The summed E-state index contributed by atoms with van der Waals surface area (Å²) in [5.41, 5.74) is 2.93. The number of hydrogen-bond donors (Lipinski definition) is 3. The number of ether oxygens (including phenoxy) is 1. The van der Waals surface area contributed by atoms with Crippen LogP contribution in [0.5, 0.6) is 5.75 Å². The van der Waals surface area contributed by atoms with Gasteiger partial charge in [-0.05, 0) is 68.0 Å². The van der Waals surface area contributed by atoms with Crippen LogP contribution in [0.1, 0.15) is 46.4 Å². The Morgan fingerprint density at radius 2 is 1.96 bits per heavy atom. The smallest absolute Gasteiger partial charge is 0.341 e. The topological polar surface area (TPSA) is 108 Å². The van der Waals surface area contributed by atoms with Gasteiger partial charge in [0.05, 0.1) is 0 Å². The Balaban J connectivity index is 1.78. The molecule has 7 nitrogen and oxygen atoms in total. The highest BCUT2D eigenvalue weighted by Crippen LogP contribution is 2.23. The van der Waals surface area contributed by atoms with Gasteiger partial charge in [0, 0.05) is 11.4 Å². The van der Waals surface area contributed by atoms with Gasteiger partial charge in [-0.25, -0.2) is 4.79 Å². The van der Waals surface area contributed by atoms with Crippen molar-refractivity contribution >= 4 is 17.6 Å². The Bertz CT molecular complexity index is 932. The van der Waals surface area contributed by atoms with Crippen molar-refractivity contribution in [3.63, 3.8) is 0 Å². The summed E-state index contributed by atoms with van der Waals surface area (Å²) in [5, 5.41) is 11.4. The maximum Gasteiger partial charge on any atom is 0.341 e. The molecular weight excluding hydrogens is 348 g/mol. The monoisotopic (exact) mass is 370 g/mol. The highest BCUT2D eigenvalue weighted by molar-refractivity contribution is 6.04. The van der Waals surface area contributed by atoms with E-state index in [1.54, 1.807) is 31.2 Å². The van der Waals surface area contributed by atoms with E-state index >= 15 is 0 Å². The maximum absolute atomic E-state index is 12.6. The molecule has 3 rings (SSSR count). The molecule has 1 heterocycles. The molecule has 2 aromatic rings. The van der Waals surface area contributed by atoms with Crippen LogP contribution in [-0.4, -0.2) is 28.6 Å². The first kappa shape index (κ1) is 18.7. The van der Waals surface area contributed by atoms with Crippen LogP contribution in [-0.2, 0) is 17.6 Å². The Morgan fingerprint density at radius 3 is 2.70 bits per heavy atom. The fraction of sp³-hybridized carbons (Fsp3) is 0.350. The molecule has 0 bridgehead atoms. The lowest BCUT2D eigenvalue weighted by Crippen LogP contribution is -2.25. The SMILES string of the molecule is Cc1cc(OCC(=O)O)ccc1NC(=O)c1cc2c([nH]c1=O)CCCCC2. The lowest BCUT2D eigenvalue weighted by atomic mass is 10.1. The van der Waals surface area contributed by atoms with Crippen molar-refractivity contribution in [2.45, 2.75) is 39.0 Å². The van der Waals surface area contributed by atoms with Gasteiger partial charge < -0.3 is 20.1 Å². The Labute approximate surface area is 156 Å². The number of nitrogens with one attached hydrogen (secondary N) is 2. The highest BCUT2D eigenvalue weighted by Gasteiger charge is 2.17. The molecule has 1 aliphatic rings. The summed E-state index contributed by atoms with van der Waals surface area (Å²) in [6, 6.07) is 6.54. The normalized spacial score (nSPS) is 13.4. The molecule has 7 heteroatoms. The number of pyridine rings is 1. The number of benzene rings is 1. The number of carboxylic acids is 1. The zero-order chi connectivity index (χ0) is 19.4. The quantitative estimate of drug-likeness (QED) is 0.701. The molecule has 0 atom stereocenters. The molecule has 1 aliphatic carbocycles. The third kappa shape index (κ3) is 4.55. The minimum absolute atomic E-state index is 0.0984. The number of anilines is 1. The first-order valence-corrected chi connectivity index (χ1v) is 8.95. The van der Waals surface area contributed by atoms with Gasteiger partial charge in [-0.15, -0.1) is 0 Å². The minimum Gasteiger partial charge on any atom is -0.482 e. The molecule has 0 unspecified atom stereocenters. The summed E-state index contributed by atoms with van der Waals surface area (Å²) in [5.74, 6) is -1.13. The fourth-order valence-corrected chi connectivity index (χ4v) is 3.22. The molecule has 3 N–H and O–H groups in total. The number of aromatic nitrogens is 1. The van der Waals surface area contributed by atoms with Crippen molar-refractivity contribution in [1.29, 1.82) is 0 Å². The maximum atomic E-state index is 12.6. The van der Waals surface area contributed by atoms with Crippen molar-refractivity contribution in [2.24, 2.45) is 0 Å². The van der Waals surface area contributed by atoms with E-state index in [1.807, 2.05) is 0 Å². The largest absolute Gasteiger partial charge is 0.482 e. The lowest BCUT2D eigenvalue weighted by molar-refractivity contribution is -0.139. The van der Waals surface area contributed by atoms with Gasteiger partial charge in [0.25, 0.3) is 11.5 Å². The molecule has 142 valence electrons. The van der Waals surface area contributed by atoms with E-state index in [1.165, 1.54) is 0 Å². The molecule has 0 aliphatic heterocycles. The molecule has 0 fully saturated rings. The Kier molecular flexibility index (Phi) is 5.59. The third-order valence-electron chi connectivity index (χ3n) is 4.64. The second kappa shape index (κ2) is 8.07. The second-order valence-electron chi connectivity index (χ2n) is 6.69. The van der Waals surface area contributed by atoms with Gasteiger partial charge in [-0.3, -0.25) is 9.59 Å². The van der Waals surface area contributed by atoms with Crippen LogP contribution >= 0.6 is 0 Å². The Hall–Kier alpha value is -3.09. The number of aromatic amines is 1. The van der Waals surface area contributed by atoms with Crippen LogP contribution in [0.3, 0.4) is 0 Å². The number of aryl methyl sites for hydroxylation is 3. The number of rotatable bonds is 5. The number of amides is 1. The average Bonchev–Trinajstić information content (AvgIpc) is 2.86. The summed E-state index contributed by atoms with van der Waals surface area (Å²) >= 11 is 0. The van der Waals surface area contributed by atoms with Gasteiger partial charge in [0.1, 0.15) is 11.3 Å². The van der Waals surface area contributed by atoms with Crippen molar-refractivity contribution in [3.8, 4) is 5.75 Å². The van der Waals surface area contributed by atoms with Crippen LogP contribution in [0.4, 0.5) is 5.69 Å². The first-order chi connectivity index (χ1) is 12.9. The van der Waals surface area contributed by atoms with Crippen molar-refractivity contribution in [2.75, 3.05) is 11.9 Å². The van der Waals surface area contributed by atoms with Gasteiger partial charge in [0.2, 0.25) is 0 Å². The number of aliphatic carboxylic acids is 1. The number of carbonyl (C=O) groups is 2. The van der Waals surface area contributed by atoms with Crippen molar-refractivity contribution in [1.82, 2.24) is 4.98 Å². The first-order valence-electron chi connectivity index (χ1n) is 8.95. The minimum atomic E-state index is -1.06. The van der Waals surface area contributed by atoms with E-state index in [0.717, 1.165) is 43.4 Å². The predicted molar refractivity (Wildman–Crippen MR) is 101 cm³/mol. The van der Waals surface area contributed by atoms with E-state index in [2.05, 4.69) is 10.3 Å². The van der Waals surface area contributed by atoms with Gasteiger partial charge in [-0.1, -0.05) is 6.42 Å². The van der Waals surface area contributed by atoms with E-state index in [-0.39, 0.29) is 11.1 Å². The predicted octanol–water partition coefficient (Wildman–Crippen LogP) is 2.67. The number of carbonyl (C=O) groups excluding carboxylic acids is 1.